The third-order valence-corrected chi connectivity index (χ3v) is 8.26. The lowest BCUT2D eigenvalue weighted by atomic mass is 9.78. The maximum absolute atomic E-state index is 13.2. The Labute approximate surface area is 189 Å². The number of aryl methyl sites for hydroxylation is 1. The van der Waals surface area contributed by atoms with Crippen LogP contribution >= 0.6 is 0 Å². The van der Waals surface area contributed by atoms with E-state index < -0.39 is 0 Å². The van der Waals surface area contributed by atoms with E-state index in [-0.39, 0.29) is 41.7 Å². The number of amides is 1. The molecule has 4 atom stereocenters. The number of ether oxygens (including phenoxy) is 2. The molecule has 1 saturated heterocycles. The number of hydrogen-bond donors (Lipinski definition) is 1. The second-order valence-electron chi connectivity index (χ2n) is 10.1. The smallest absolute Gasteiger partial charge is 0.310 e. The third-order valence-electron chi connectivity index (χ3n) is 8.26. The lowest BCUT2D eigenvalue weighted by molar-refractivity contribution is -0.157. The van der Waals surface area contributed by atoms with Crippen LogP contribution in [-0.2, 0) is 25.6 Å². The van der Waals surface area contributed by atoms with Gasteiger partial charge in [-0.3, -0.25) is 9.59 Å². The van der Waals surface area contributed by atoms with Gasteiger partial charge in [0.15, 0.2) is 0 Å². The van der Waals surface area contributed by atoms with Crippen LogP contribution in [0, 0.1) is 36.0 Å². The molecule has 1 N–H and O–H groups in total. The molecule has 4 fully saturated rings. The fourth-order valence-electron chi connectivity index (χ4n) is 6.72. The molecule has 8 nitrogen and oxygen atoms in total. The highest BCUT2D eigenvalue weighted by molar-refractivity contribution is 5.87. The van der Waals surface area contributed by atoms with Gasteiger partial charge in [-0.2, -0.15) is 0 Å². The topological polar surface area (TPSA) is 93.9 Å². The highest BCUT2D eigenvalue weighted by atomic mass is 16.6. The molecule has 2 heterocycles. The van der Waals surface area contributed by atoms with Gasteiger partial charge in [0, 0.05) is 12.6 Å². The van der Waals surface area contributed by atoms with Crippen LogP contribution in [0.3, 0.4) is 0 Å². The van der Waals surface area contributed by atoms with Crippen LogP contribution in [0.5, 0.6) is 0 Å². The molecule has 0 unspecified atom stereocenters. The number of nitrogens with one attached hydrogen (secondary N) is 1. The van der Waals surface area contributed by atoms with Crippen molar-refractivity contribution in [2.45, 2.75) is 52.0 Å². The fraction of sp³-hybridized carbons (Fsp3) is 0.792. The zero-order valence-electron chi connectivity index (χ0n) is 19.0. The van der Waals surface area contributed by atoms with Crippen molar-refractivity contribution in [2.75, 3.05) is 39.5 Å². The molecule has 0 radical (unpaired) electrons. The van der Waals surface area contributed by atoms with E-state index in [0.29, 0.717) is 31.4 Å². The zero-order valence-corrected chi connectivity index (χ0v) is 19.0. The molecule has 176 valence electrons. The predicted octanol–water partition coefficient (Wildman–Crippen LogP) is 2.31. The number of esters is 1. The van der Waals surface area contributed by atoms with Crippen molar-refractivity contribution in [3.63, 3.8) is 0 Å². The number of carbonyl (C=O) groups excluding carboxylic acids is 2. The Morgan fingerprint density at radius 1 is 1.16 bits per heavy atom. The molecule has 1 aromatic heterocycles. The van der Waals surface area contributed by atoms with E-state index in [1.807, 2.05) is 13.0 Å². The summed E-state index contributed by atoms with van der Waals surface area (Å²) in [5, 5.41) is 6.95. The van der Waals surface area contributed by atoms with Gasteiger partial charge in [0.25, 0.3) is 0 Å². The largest absolute Gasteiger partial charge is 0.463 e. The Morgan fingerprint density at radius 2 is 1.91 bits per heavy atom. The molecular formula is C24H35N3O5. The van der Waals surface area contributed by atoms with Gasteiger partial charge in [0.1, 0.15) is 18.1 Å². The van der Waals surface area contributed by atoms with Crippen LogP contribution in [0.2, 0.25) is 0 Å². The lowest BCUT2D eigenvalue weighted by Crippen LogP contribution is -2.41. The van der Waals surface area contributed by atoms with E-state index in [2.05, 4.69) is 15.4 Å². The maximum Gasteiger partial charge on any atom is 0.310 e. The van der Waals surface area contributed by atoms with Crippen molar-refractivity contribution in [3.8, 4) is 0 Å². The van der Waals surface area contributed by atoms with Crippen molar-refractivity contribution in [3.05, 3.63) is 17.5 Å². The number of nitrogens with zero attached hydrogens (tertiary/aromatic N) is 2. The monoisotopic (exact) mass is 445 g/mol. The summed E-state index contributed by atoms with van der Waals surface area (Å²) in [7, 11) is 0. The van der Waals surface area contributed by atoms with Gasteiger partial charge < -0.3 is 24.2 Å². The molecule has 1 aromatic rings. The Kier molecular flexibility index (Phi) is 6.25. The predicted molar refractivity (Wildman–Crippen MR) is 115 cm³/mol. The van der Waals surface area contributed by atoms with Crippen molar-refractivity contribution in [2.24, 2.45) is 29.1 Å². The summed E-state index contributed by atoms with van der Waals surface area (Å²) >= 11 is 0. The summed E-state index contributed by atoms with van der Waals surface area (Å²) in [6.45, 7) is 6.74. The number of aromatic nitrogens is 1. The molecule has 1 spiro atoms. The Morgan fingerprint density at radius 3 is 2.59 bits per heavy atom. The van der Waals surface area contributed by atoms with Crippen molar-refractivity contribution < 1.29 is 23.6 Å². The minimum atomic E-state index is -0.333. The molecule has 5 rings (SSSR count). The molecule has 2 bridgehead atoms. The van der Waals surface area contributed by atoms with Gasteiger partial charge in [-0.05, 0) is 75.8 Å². The lowest BCUT2D eigenvalue weighted by Gasteiger charge is -2.28. The molecule has 4 aliphatic rings. The Bertz CT molecular complexity index is 829. The second kappa shape index (κ2) is 9.14. The first-order valence-corrected chi connectivity index (χ1v) is 12.3. The average Bonchev–Trinajstić information content (AvgIpc) is 3.10. The summed E-state index contributed by atoms with van der Waals surface area (Å²) in [5.74, 6) is 0.391. The van der Waals surface area contributed by atoms with Crippen LogP contribution in [0.1, 0.15) is 50.0 Å². The highest BCUT2D eigenvalue weighted by Crippen LogP contribution is 2.74. The average molecular weight is 446 g/mol. The number of likely N-dealkylation sites (tertiary alicyclic amines) is 1. The standard InChI is InChI=1S/C24H35N3O5/c1-16-14-17(26-32-16)15-25-22(28)20-18-4-5-19(24(18)6-7-24)21(20)23(29)31-13-12-30-11-10-27-8-2-3-9-27/h14,18-21H,2-13,15H2,1H3,(H,25,28)/t18-,19+,20+,21+/m0/s1. The van der Waals surface area contributed by atoms with Gasteiger partial charge in [0.05, 0.1) is 31.6 Å². The van der Waals surface area contributed by atoms with E-state index >= 15 is 0 Å². The maximum atomic E-state index is 13.2. The van der Waals surface area contributed by atoms with E-state index in [0.717, 1.165) is 51.1 Å². The summed E-state index contributed by atoms with van der Waals surface area (Å²) in [6.07, 6.45) is 6.89. The molecule has 0 aromatic carbocycles. The van der Waals surface area contributed by atoms with Gasteiger partial charge in [-0.1, -0.05) is 5.16 Å². The summed E-state index contributed by atoms with van der Waals surface area (Å²) < 4.78 is 16.4. The van der Waals surface area contributed by atoms with Crippen molar-refractivity contribution in [1.29, 1.82) is 0 Å². The highest BCUT2D eigenvalue weighted by Gasteiger charge is 2.71. The van der Waals surface area contributed by atoms with E-state index in [1.54, 1.807) is 0 Å². The first-order chi connectivity index (χ1) is 15.6. The fourth-order valence-corrected chi connectivity index (χ4v) is 6.72. The summed E-state index contributed by atoms with van der Waals surface area (Å²) in [5.41, 5.74) is 0.896. The second-order valence-corrected chi connectivity index (χ2v) is 10.1. The van der Waals surface area contributed by atoms with Gasteiger partial charge in [0.2, 0.25) is 5.91 Å². The SMILES string of the molecule is Cc1cc(CNC(=O)[C@H]2[C@H](C(=O)OCCOCCN3CCCC3)[C@H]3CC[C@@H]2C32CC2)no1. The van der Waals surface area contributed by atoms with Crippen molar-refractivity contribution >= 4 is 11.9 Å². The molecule has 1 amide bonds. The molecular weight excluding hydrogens is 410 g/mol. The zero-order chi connectivity index (χ0) is 22.1. The van der Waals surface area contributed by atoms with Gasteiger partial charge >= 0.3 is 5.97 Å². The van der Waals surface area contributed by atoms with Crippen LogP contribution in [0.4, 0.5) is 0 Å². The van der Waals surface area contributed by atoms with E-state index in [4.69, 9.17) is 14.0 Å². The van der Waals surface area contributed by atoms with Crippen molar-refractivity contribution in [1.82, 2.24) is 15.4 Å². The number of carbonyl (C=O) groups is 2. The Balaban J connectivity index is 1.13. The first kappa shape index (κ1) is 21.9. The minimum Gasteiger partial charge on any atom is -0.463 e. The minimum absolute atomic E-state index is 0.0482. The normalized spacial score (nSPS) is 30.2. The molecule has 3 saturated carbocycles. The van der Waals surface area contributed by atoms with Crippen LogP contribution in [0.25, 0.3) is 0 Å². The Hall–Kier alpha value is -1.93. The van der Waals surface area contributed by atoms with E-state index in [9.17, 15) is 9.59 Å². The van der Waals surface area contributed by atoms with Crippen LogP contribution < -0.4 is 5.32 Å². The summed E-state index contributed by atoms with van der Waals surface area (Å²) in [6, 6.07) is 1.82. The number of rotatable bonds is 10. The number of hydrogen-bond acceptors (Lipinski definition) is 7. The first-order valence-electron chi connectivity index (χ1n) is 12.3. The molecule has 32 heavy (non-hydrogen) atoms. The van der Waals surface area contributed by atoms with Crippen LogP contribution in [-0.4, -0.2) is 61.4 Å². The van der Waals surface area contributed by atoms with Crippen LogP contribution in [0.15, 0.2) is 10.6 Å². The quantitative estimate of drug-likeness (QED) is 0.436. The van der Waals surface area contributed by atoms with E-state index in [1.165, 1.54) is 12.8 Å². The van der Waals surface area contributed by atoms with Gasteiger partial charge in [-0.25, -0.2) is 0 Å². The molecule has 1 aliphatic heterocycles. The summed E-state index contributed by atoms with van der Waals surface area (Å²) in [4.78, 5) is 28.7. The van der Waals surface area contributed by atoms with Gasteiger partial charge in [-0.15, -0.1) is 0 Å². The third kappa shape index (κ3) is 4.19. The molecule has 3 aliphatic carbocycles. The molecule has 8 heteroatoms.